The average Bonchev–Trinajstić information content (AvgIpc) is 3.18. The SMILES string of the molecule is NC(=O)c1cnc(N2CCCC(c3nnc4n3CCC4)C2)c(Cl)c1. The lowest BCUT2D eigenvalue weighted by Gasteiger charge is -2.33. The van der Waals surface area contributed by atoms with Crippen molar-refractivity contribution in [2.75, 3.05) is 18.0 Å². The molecule has 7 nitrogen and oxygen atoms in total. The van der Waals surface area contributed by atoms with Crippen LogP contribution in [-0.2, 0) is 13.0 Å². The lowest BCUT2D eigenvalue weighted by atomic mass is 9.97. The first-order valence-electron chi connectivity index (χ1n) is 8.26. The van der Waals surface area contributed by atoms with Gasteiger partial charge in [0.25, 0.3) is 0 Å². The van der Waals surface area contributed by atoms with Gasteiger partial charge in [0.2, 0.25) is 5.91 Å². The molecule has 0 saturated carbocycles. The summed E-state index contributed by atoms with van der Waals surface area (Å²) in [6.07, 6.45) is 5.79. The second-order valence-electron chi connectivity index (χ2n) is 6.41. The lowest BCUT2D eigenvalue weighted by Crippen LogP contribution is -2.36. The van der Waals surface area contributed by atoms with Gasteiger partial charge in [-0.05, 0) is 25.3 Å². The molecule has 1 saturated heterocycles. The molecule has 0 aliphatic carbocycles. The van der Waals surface area contributed by atoms with Gasteiger partial charge in [0, 0.05) is 38.2 Å². The van der Waals surface area contributed by atoms with E-state index in [-0.39, 0.29) is 0 Å². The Balaban J connectivity index is 1.58. The smallest absolute Gasteiger partial charge is 0.250 e. The number of aromatic nitrogens is 4. The number of carbonyl (C=O) groups is 1. The highest BCUT2D eigenvalue weighted by atomic mass is 35.5. The van der Waals surface area contributed by atoms with Crippen LogP contribution in [0.25, 0.3) is 0 Å². The van der Waals surface area contributed by atoms with E-state index < -0.39 is 5.91 Å². The van der Waals surface area contributed by atoms with Crippen molar-refractivity contribution in [3.05, 3.63) is 34.5 Å². The molecule has 1 amide bonds. The van der Waals surface area contributed by atoms with E-state index in [1.54, 1.807) is 6.07 Å². The maximum Gasteiger partial charge on any atom is 0.250 e. The van der Waals surface area contributed by atoms with Gasteiger partial charge in [-0.1, -0.05) is 11.6 Å². The molecule has 4 rings (SSSR count). The first-order valence-corrected chi connectivity index (χ1v) is 8.63. The summed E-state index contributed by atoms with van der Waals surface area (Å²) in [7, 11) is 0. The summed E-state index contributed by atoms with van der Waals surface area (Å²) < 4.78 is 2.26. The molecule has 0 aromatic carbocycles. The van der Waals surface area contributed by atoms with Crippen LogP contribution in [0.3, 0.4) is 0 Å². The molecule has 2 N–H and O–H groups in total. The summed E-state index contributed by atoms with van der Waals surface area (Å²) in [5.74, 6) is 2.69. The topological polar surface area (TPSA) is 89.9 Å². The summed E-state index contributed by atoms with van der Waals surface area (Å²) in [5, 5.41) is 9.20. The van der Waals surface area contributed by atoms with Gasteiger partial charge < -0.3 is 15.2 Å². The second kappa shape index (κ2) is 6.05. The van der Waals surface area contributed by atoms with E-state index in [1.165, 1.54) is 6.20 Å². The molecule has 2 aromatic heterocycles. The Labute approximate surface area is 144 Å². The van der Waals surface area contributed by atoms with Crippen molar-refractivity contribution >= 4 is 23.3 Å². The highest BCUT2D eigenvalue weighted by molar-refractivity contribution is 6.33. The quantitative estimate of drug-likeness (QED) is 0.914. The van der Waals surface area contributed by atoms with Crippen LogP contribution in [0.4, 0.5) is 5.82 Å². The fraction of sp³-hybridized carbons (Fsp3) is 0.500. The maximum atomic E-state index is 11.2. The Hall–Kier alpha value is -2.15. The van der Waals surface area contributed by atoms with Crippen molar-refractivity contribution < 1.29 is 4.79 Å². The van der Waals surface area contributed by atoms with Gasteiger partial charge in [0.15, 0.2) is 0 Å². The van der Waals surface area contributed by atoms with Crippen molar-refractivity contribution in [2.24, 2.45) is 5.73 Å². The third-order valence-electron chi connectivity index (χ3n) is 4.83. The number of aryl methyl sites for hydroxylation is 1. The fourth-order valence-corrected chi connectivity index (χ4v) is 3.94. The minimum Gasteiger partial charge on any atom is -0.366 e. The number of halogens is 1. The maximum absolute atomic E-state index is 11.2. The van der Waals surface area contributed by atoms with E-state index >= 15 is 0 Å². The Morgan fingerprint density at radius 2 is 2.17 bits per heavy atom. The standard InChI is InChI=1S/C16H19ClN6O/c17-12-7-11(14(18)24)8-19-16(12)22-5-1-3-10(9-22)15-21-20-13-4-2-6-23(13)15/h7-8,10H,1-6,9H2,(H2,18,24). The van der Waals surface area contributed by atoms with Gasteiger partial charge >= 0.3 is 0 Å². The van der Waals surface area contributed by atoms with E-state index in [2.05, 4.69) is 24.6 Å². The first-order chi connectivity index (χ1) is 11.6. The minimum atomic E-state index is -0.522. The Bertz CT molecular complexity index is 789. The molecule has 1 unspecified atom stereocenters. The minimum absolute atomic E-state index is 0.326. The van der Waals surface area contributed by atoms with E-state index in [4.69, 9.17) is 17.3 Å². The molecule has 1 atom stereocenters. The van der Waals surface area contributed by atoms with Gasteiger partial charge in [-0.15, -0.1) is 10.2 Å². The first kappa shape index (κ1) is 15.4. The Kier molecular flexibility index (Phi) is 3.88. The zero-order valence-corrected chi connectivity index (χ0v) is 14.0. The molecule has 0 bridgehead atoms. The number of pyridine rings is 1. The summed E-state index contributed by atoms with van der Waals surface area (Å²) in [6, 6.07) is 1.59. The third-order valence-corrected chi connectivity index (χ3v) is 5.11. The Morgan fingerprint density at radius 3 is 2.96 bits per heavy atom. The predicted molar refractivity (Wildman–Crippen MR) is 90.3 cm³/mol. The van der Waals surface area contributed by atoms with Gasteiger partial charge in [0.05, 0.1) is 10.6 Å². The van der Waals surface area contributed by atoms with Gasteiger partial charge in [-0.3, -0.25) is 4.79 Å². The number of piperidine rings is 1. The number of carbonyl (C=O) groups excluding carboxylic acids is 1. The van der Waals surface area contributed by atoms with Crippen LogP contribution >= 0.6 is 11.6 Å². The molecular weight excluding hydrogens is 328 g/mol. The van der Waals surface area contributed by atoms with Crippen LogP contribution in [0.1, 0.15) is 47.2 Å². The van der Waals surface area contributed by atoms with Crippen molar-refractivity contribution in [2.45, 2.75) is 38.1 Å². The number of nitrogens with two attached hydrogens (primary N) is 1. The molecule has 8 heteroatoms. The van der Waals surface area contributed by atoms with Gasteiger partial charge in [-0.2, -0.15) is 0 Å². The number of primary amides is 1. The molecule has 24 heavy (non-hydrogen) atoms. The molecule has 2 aliphatic rings. The number of amides is 1. The zero-order chi connectivity index (χ0) is 16.7. The van der Waals surface area contributed by atoms with Crippen LogP contribution in [0, 0.1) is 0 Å². The van der Waals surface area contributed by atoms with E-state index in [1.807, 2.05) is 0 Å². The molecule has 126 valence electrons. The number of anilines is 1. The third kappa shape index (κ3) is 2.62. The molecule has 0 radical (unpaired) electrons. The van der Waals surface area contributed by atoms with E-state index in [0.717, 1.165) is 57.0 Å². The molecule has 2 aromatic rings. The van der Waals surface area contributed by atoms with Crippen LogP contribution in [0.5, 0.6) is 0 Å². The molecule has 2 aliphatic heterocycles. The molecule has 0 spiro atoms. The van der Waals surface area contributed by atoms with Crippen molar-refractivity contribution in [3.8, 4) is 0 Å². The molecule has 4 heterocycles. The van der Waals surface area contributed by atoms with Crippen LogP contribution < -0.4 is 10.6 Å². The van der Waals surface area contributed by atoms with Crippen molar-refractivity contribution in [1.82, 2.24) is 19.7 Å². The summed E-state index contributed by atoms with van der Waals surface area (Å²) in [4.78, 5) is 17.8. The second-order valence-corrected chi connectivity index (χ2v) is 6.82. The number of nitrogens with zero attached hydrogens (tertiary/aromatic N) is 5. The van der Waals surface area contributed by atoms with Crippen LogP contribution in [-0.4, -0.2) is 38.7 Å². The van der Waals surface area contributed by atoms with Crippen LogP contribution in [0.15, 0.2) is 12.3 Å². The summed E-state index contributed by atoms with van der Waals surface area (Å²) >= 11 is 6.33. The van der Waals surface area contributed by atoms with Crippen LogP contribution in [0.2, 0.25) is 5.02 Å². The number of rotatable bonds is 3. The average molecular weight is 347 g/mol. The summed E-state index contributed by atoms with van der Waals surface area (Å²) in [5.41, 5.74) is 5.61. The highest BCUT2D eigenvalue weighted by Crippen LogP contribution is 2.33. The normalized spacial score (nSPS) is 20.2. The van der Waals surface area contributed by atoms with Gasteiger partial charge in [0.1, 0.15) is 17.5 Å². The van der Waals surface area contributed by atoms with Crippen molar-refractivity contribution in [3.63, 3.8) is 0 Å². The fourth-order valence-electron chi connectivity index (χ4n) is 3.65. The van der Waals surface area contributed by atoms with Crippen molar-refractivity contribution in [1.29, 1.82) is 0 Å². The lowest BCUT2D eigenvalue weighted by molar-refractivity contribution is 0.1000. The predicted octanol–water partition coefficient (Wildman–Crippen LogP) is 1.76. The van der Waals surface area contributed by atoms with E-state index in [9.17, 15) is 4.79 Å². The molecular formula is C16H19ClN6O. The van der Waals surface area contributed by atoms with E-state index in [0.29, 0.717) is 22.3 Å². The van der Waals surface area contributed by atoms with Gasteiger partial charge in [-0.25, -0.2) is 4.98 Å². The summed E-state index contributed by atoms with van der Waals surface area (Å²) in [6.45, 7) is 2.71. The monoisotopic (exact) mass is 346 g/mol. The number of hydrogen-bond donors (Lipinski definition) is 1. The molecule has 1 fully saturated rings. The number of hydrogen-bond acceptors (Lipinski definition) is 5. The number of fused-ring (bicyclic) bond motifs is 1. The largest absolute Gasteiger partial charge is 0.366 e. The zero-order valence-electron chi connectivity index (χ0n) is 13.3. The Morgan fingerprint density at radius 1 is 1.29 bits per heavy atom. The highest BCUT2D eigenvalue weighted by Gasteiger charge is 2.29.